The summed E-state index contributed by atoms with van der Waals surface area (Å²) in [6.45, 7) is 6.53. The predicted octanol–water partition coefficient (Wildman–Crippen LogP) is 24.8. The van der Waals surface area contributed by atoms with Gasteiger partial charge in [0.1, 0.15) is 13.2 Å². The molecule has 0 saturated heterocycles. The Morgan fingerprint density at radius 3 is 0.735 bits per heavy atom. The monoisotopic (exact) mass is 1160 g/mol. The van der Waals surface area contributed by atoms with E-state index in [0.717, 1.165) is 103 Å². The molecule has 0 aromatic rings. The first-order valence-corrected chi connectivity index (χ1v) is 35.7. The lowest BCUT2D eigenvalue weighted by molar-refractivity contribution is -0.167. The van der Waals surface area contributed by atoms with Gasteiger partial charge in [0.05, 0.1) is 0 Å². The van der Waals surface area contributed by atoms with Crippen LogP contribution in [0.1, 0.15) is 355 Å². The molecule has 6 nitrogen and oxygen atoms in total. The van der Waals surface area contributed by atoms with Crippen LogP contribution in [-0.2, 0) is 28.6 Å². The Balaban J connectivity index is 4.14. The minimum atomic E-state index is -0.778. The number of rotatable bonds is 65. The van der Waals surface area contributed by atoms with Crippen molar-refractivity contribution in [2.24, 2.45) is 0 Å². The van der Waals surface area contributed by atoms with E-state index in [1.165, 1.54) is 212 Å². The first-order valence-electron chi connectivity index (χ1n) is 35.7. The van der Waals surface area contributed by atoms with Crippen molar-refractivity contribution >= 4 is 17.9 Å². The summed E-state index contributed by atoms with van der Waals surface area (Å²) >= 11 is 0. The number of hydrogen-bond acceptors (Lipinski definition) is 6. The molecule has 0 N–H and O–H groups in total. The van der Waals surface area contributed by atoms with Crippen LogP contribution in [0, 0.1) is 0 Å². The SMILES string of the molecule is CC/C=C\C/C=C\C/C=C\C/C=C\C/C=C\CCCCCCCCCCCCCCCCCC(=O)OCC(COC(=O)CCCCCCCCCCC)OC(=O)CCCCCCCCCCCC/C=C\C/C=C\C/C=C\CCCCCCC. The molecule has 0 bridgehead atoms. The Labute approximate surface area is 515 Å². The van der Waals surface area contributed by atoms with Crippen LogP contribution < -0.4 is 0 Å². The average Bonchev–Trinajstić information content (AvgIpc) is 3.49. The van der Waals surface area contributed by atoms with Crippen molar-refractivity contribution in [1.29, 1.82) is 0 Å². The molecular formula is C77H134O6. The molecule has 0 heterocycles. The van der Waals surface area contributed by atoms with Crippen LogP contribution in [0.5, 0.6) is 0 Å². The van der Waals surface area contributed by atoms with Crippen molar-refractivity contribution in [3.63, 3.8) is 0 Å². The molecule has 478 valence electrons. The Morgan fingerprint density at radius 2 is 0.470 bits per heavy atom. The average molecular weight is 1160 g/mol. The van der Waals surface area contributed by atoms with Gasteiger partial charge in [0, 0.05) is 19.3 Å². The number of hydrogen-bond donors (Lipinski definition) is 0. The first-order chi connectivity index (χ1) is 41.0. The molecule has 0 radical (unpaired) electrons. The van der Waals surface area contributed by atoms with E-state index in [0.29, 0.717) is 19.3 Å². The Kier molecular flexibility index (Phi) is 67.7. The topological polar surface area (TPSA) is 78.9 Å². The number of carbonyl (C=O) groups excluding carboxylic acids is 3. The van der Waals surface area contributed by atoms with E-state index >= 15 is 0 Å². The molecule has 0 aromatic heterocycles. The second kappa shape index (κ2) is 70.8. The molecular weight excluding hydrogens is 1020 g/mol. The third-order valence-electron chi connectivity index (χ3n) is 15.6. The highest BCUT2D eigenvalue weighted by atomic mass is 16.6. The summed E-state index contributed by atoms with van der Waals surface area (Å²) in [5, 5.41) is 0. The first kappa shape index (κ1) is 79.3. The molecule has 0 fully saturated rings. The summed E-state index contributed by atoms with van der Waals surface area (Å²) in [5.74, 6) is -0.865. The number of ether oxygens (including phenoxy) is 3. The standard InChI is InChI=1S/C77H134O6/c1-4-7-10-13-16-19-21-23-25-27-29-31-33-35-36-37-38-39-40-42-43-45-47-49-51-53-55-58-61-64-67-70-76(79)82-73-74(72-81-75(78)69-66-63-60-57-18-15-12-9-6-3)83-77(80)71-68-65-62-59-56-54-52-50-48-46-44-41-34-32-30-28-26-24-22-20-17-14-11-8-5-2/h7,10,16,19,22-25,28-31,34-36,41,74H,4-6,8-9,11-15,17-18,20-21,26-27,32-33,37-40,42-73H2,1-3H3/b10-7-,19-16-,24-22-,25-23-,30-28-,31-29-,36-35-,41-34-. The van der Waals surface area contributed by atoms with Crippen LogP contribution in [0.3, 0.4) is 0 Å². The van der Waals surface area contributed by atoms with Crippen LogP contribution >= 0.6 is 0 Å². The summed E-state index contributed by atoms with van der Waals surface area (Å²) in [7, 11) is 0. The summed E-state index contributed by atoms with van der Waals surface area (Å²) < 4.78 is 16.9. The molecule has 83 heavy (non-hydrogen) atoms. The van der Waals surface area contributed by atoms with Crippen LogP contribution in [0.2, 0.25) is 0 Å². The summed E-state index contributed by atoms with van der Waals surface area (Å²) in [6.07, 6.45) is 95.9. The minimum Gasteiger partial charge on any atom is -0.462 e. The third-order valence-corrected chi connectivity index (χ3v) is 15.6. The fraction of sp³-hybridized carbons (Fsp3) is 0.753. The van der Waals surface area contributed by atoms with E-state index in [2.05, 4.69) is 118 Å². The Morgan fingerprint density at radius 1 is 0.253 bits per heavy atom. The van der Waals surface area contributed by atoms with E-state index in [-0.39, 0.29) is 31.1 Å². The fourth-order valence-electron chi connectivity index (χ4n) is 10.2. The van der Waals surface area contributed by atoms with Gasteiger partial charge in [-0.25, -0.2) is 0 Å². The van der Waals surface area contributed by atoms with Crippen molar-refractivity contribution in [1.82, 2.24) is 0 Å². The molecule has 0 aromatic carbocycles. The smallest absolute Gasteiger partial charge is 0.306 e. The van der Waals surface area contributed by atoms with E-state index < -0.39 is 6.10 Å². The van der Waals surface area contributed by atoms with Gasteiger partial charge in [-0.2, -0.15) is 0 Å². The summed E-state index contributed by atoms with van der Waals surface area (Å²) in [6, 6.07) is 0. The van der Waals surface area contributed by atoms with Crippen molar-refractivity contribution in [2.45, 2.75) is 361 Å². The minimum absolute atomic E-state index is 0.0747. The van der Waals surface area contributed by atoms with Crippen molar-refractivity contribution in [2.75, 3.05) is 13.2 Å². The fourth-order valence-corrected chi connectivity index (χ4v) is 10.2. The van der Waals surface area contributed by atoms with Crippen molar-refractivity contribution in [3.8, 4) is 0 Å². The van der Waals surface area contributed by atoms with E-state index in [4.69, 9.17) is 14.2 Å². The van der Waals surface area contributed by atoms with Crippen LogP contribution in [0.25, 0.3) is 0 Å². The maximum absolute atomic E-state index is 12.9. The van der Waals surface area contributed by atoms with E-state index in [1.807, 2.05) is 0 Å². The highest BCUT2D eigenvalue weighted by molar-refractivity contribution is 5.71. The third kappa shape index (κ3) is 69.0. The van der Waals surface area contributed by atoms with Gasteiger partial charge >= 0.3 is 17.9 Å². The second-order valence-electron chi connectivity index (χ2n) is 23.8. The maximum atomic E-state index is 12.9. The zero-order chi connectivity index (χ0) is 59.9. The molecule has 0 aliphatic rings. The van der Waals surface area contributed by atoms with Gasteiger partial charge in [-0.3, -0.25) is 14.4 Å². The zero-order valence-corrected chi connectivity index (χ0v) is 54.9. The van der Waals surface area contributed by atoms with Crippen LogP contribution in [-0.4, -0.2) is 37.2 Å². The lowest BCUT2D eigenvalue weighted by atomic mass is 10.0. The van der Waals surface area contributed by atoms with Gasteiger partial charge in [0.25, 0.3) is 0 Å². The van der Waals surface area contributed by atoms with E-state index in [1.54, 1.807) is 0 Å². The van der Waals surface area contributed by atoms with Crippen LogP contribution in [0.15, 0.2) is 97.2 Å². The zero-order valence-electron chi connectivity index (χ0n) is 54.9. The Bertz CT molecular complexity index is 1610. The number of esters is 3. The van der Waals surface area contributed by atoms with Gasteiger partial charge in [-0.15, -0.1) is 0 Å². The summed E-state index contributed by atoms with van der Waals surface area (Å²) in [4.78, 5) is 38.3. The van der Waals surface area contributed by atoms with Gasteiger partial charge in [0.15, 0.2) is 6.10 Å². The normalized spacial score (nSPS) is 12.7. The molecule has 6 heteroatoms. The molecule has 0 amide bonds. The second-order valence-corrected chi connectivity index (χ2v) is 23.8. The number of carbonyl (C=O) groups is 3. The lowest BCUT2D eigenvalue weighted by Gasteiger charge is -2.18. The predicted molar refractivity (Wildman–Crippen MR) is 362 cm³/mol. The van der Waals surface area contributed by atoms with E-state index in [9.17, 15) is 14.4 Å². The summed E-state index contributed by atoms with van der Waals surface area (Å²) in [5.41, 5.74) is 0. The number of unbranched alkanes of at least 4 members (excludes halogenated alkanes) is 38. The molecule has 0 spiro atoms. The maximum Gasteiger partial charge on any atom is 0.306 e. The number of allylic oxidation sites excluding steroid dienone is 16. The molecule has 0 rings (SSSR count). The van der Waals surface area contributed by atoms with Gasteiger partial charge in [-0.1, -0.05) is 330 Å². The quantitative estimate of drug-likeness (QED) is 0.0261. The lowest BCUT2D eigenvalue weighted by Crippen LogP contribution is -2.30. The molecule has 1 atom stereocenters. The van der Waals surface area contributed by atoms with Crippen molar-refractivity contribution in [3.05, 3.63) is 97.2 Å². The van der Waals surface area contributed by atoms with Crippen molar-refractivity contribution < 1.29 is 28.6 Å². The van der Waals surface area contributed by atoms with Crippen LogP contribution in [0.4, 0.5) is 0 Å². The van der Waals surface area contributed by atoms with Gasteiger partial charge in [0.2, 0.25) is 0 Å². The molecule has 0 saturated carbocycles. The largest absolute Gasteiger partial charge is 0.462 e. The molecule has 1 unspecified atom stereocenters. The highest BCUT2D eigenvalue weighted by Gasteiger charge is 2.19. The molecule has 0 aliphatic carbocycles. The highest BCUT2D eigenvalue weighted by Crippen LogP contribution is 2.17. The molecule has 0 aliphatic heterocycles. The Hall–Kier alpha value is -3.67. The van der Waals surface area contributed by atoms with Gasteiger partial charge in [-0.05, 0) is 103 Å². The van der Waals surface area contributed by atoms with Gasteiger partial charge < -0.3 is 14.2 Å².